The van der Waals surface area contributed by atoms with Gasteiger partial charge in [-0.15, -0.1) is 0 Å². The van der Waals surface area contributed by atoms with Gasteiger partial charge in [-0.05, 0) is 56.5 Å². The molecule has 0 saturated heterocycles. The monoisotopic (exact) mass is 231 g/mol. The van der Waals surface area contributed by atoms with Crippen molar-refractivity contribution in [3.05, 3.63) is 53.4 Å². The predicted molar refractivity (Wildman–Crippen MR) is 72.2 cm³/mol. The van der Waals surface area contributed by atoms with Gasteiger partial charge in [0.15, 0.2) is 0 Å². The van der Waals surface area contributed by atoms with Crippen molar-refractivity contribution in [3.63, 3.8) is 0 Å². The van der Waals surface area contributed by atoms with Gasteiger partial charge in [-0.3, -0.25) is 4.98 Å². The fraction of sp³-hybridized carbons (Fsp3) is 0.267. The molecule has 0 N–H and O–H groups in total. The van der Waals surface area contributed by atoms with Crippen LogP contribution in [0.5, 0.6) is 0 Å². The van der Waals surface area contributed by atoms with Crippen molar-refractivity contribution < 1.29 is 4.39 Å². The predicted octanol–water partition coefficient (Wildman–Crippen LogP) is 4.70. The SMILES string of the molecule is C/C=C\C=C(/C)c1cnc(/C(F)=C\C)c(C)c1. The quantitative estimate of drug-likeness (QED) is 0.687. The van der Waals surface area contributed by atoms with Gasteiger partial charge in [-0.2, -0.15) is 0 Å². The first-order valence-corrected chi connectivity index (χ1v) is 5.69. The number of aromatic nitrogens is 1. The molecule has 0 spiro atoms. The molecule has 1 nitrogen and oxygen atoms in total. The van der Waals surface area contributed by atoms with E-state index in [2.05, 4.69) is 4.98 Å². The Bertz CT molecular complexity index is 482. The number of pyridine rings is 1. The minimum absolute atomic E-state index is 0.274. The fourth-order valence-corrected chi connectivity index (χ4v) is 1.51. The second-order valence-corrected chi connectivity index (χ2v) is 3.90. The molecule has 0 unspecified atom stereocenters. The van der Waals surface area contributed by atoms with Crippen LogP contribution in [0.3, 0.4) is 0 Å². The van der Waals surface area contributed by atoms with Gasteiger partial charge in [0.1, 0.15) is 11.5 Å². The molecule has 2 heteroatoms. The van der Waals surface area contributed by atoms with Crippen molar-refractivity contribution in [1.82, 2.24) is 4.98 Å². The van der Waals surface area contributed by atoms with E-state index in [-0.39, 0.29) is 5.83 Å². The van der Waals surface area contributed by atoms with E-state index in [4.69, 9.17) is 0 Å². The summed E-state index contributed by atoms with van der Waals surface area (Å²) < 4.78 is 13.4. The summed E-state index contributed by atoms with van der Waals surface area (Å²) in [4.78, 5) is 4.17. The summed E-state index contributed by atoms with van der Waals surface area (Å²) >= 11 is 0. The summed E-state index contributed by atoms with van der Waals surface area (Å²) in [5.74, 6) is -0.274. The Balaban J connectivity index is 3.13. The second-order valence-electron chi connectivity index (χ2n) is 3.90. The first-order chi connectivity index (χ1) is 8.10. The molecule has 0 bridgehead atoms. The highest BCUT2D eigenvalue weighted by molar-refractivity contribution is 5.67. The number of halogens is 1. The van der Waals surface area contributed by atoms with Crippen molar-refractivity contribution in [1.29, 1.82) is 0 Å². The molecule has 0 radical (unpaired) electrons. The van der Waals surface area contributed by atoms with E-state index in [0.29, 0.717) is 5.69 Å². The number of hydrogen-bond acceptors (Lipinski definition) is 1. The van der Waals surface area contributed by atoms with Crippen LogP contribution >= 0.6 is 0 Å². The van der Waals surface area contributed by atoms with E-state index in [1.165, 1.54) is 6.08 Å². The summed E-state index contributed by atoms with van der Waals surface area (Å²) in [5, 5.41) is 0. The summed E-state index contributed by atoms with van der Waals surface area (Å²) in [6.45, 7) is 7.53. The van der Waals surface area contributed by atoms with Crippen LogP contribution in [-0.4, -0.2) is 4.98 Å². The van der Waals surface area contributed by atoms with E-state index in [1.54, 1.807) is 13.1 Å². The lowest BCUT2D eigenvalue weighted by Crippen LogP contribution is -1.93. The first-order valence-electron chi connectivity index (χ1n) is 5.69. The van der Waals surface area contributed by atoms with Crippen LogP contribution < -0.4 is 0 Å². The van der Waals surface area contributed by atoms with Crippen LogP contribution in [-0.2, 0) is 0 Å². The molecule has 0 aliphatic rings. The van der Waals surface area contributed by atoms with Crippen LogP contribution in [0.4, 0.5) is 4.39 Å². The molecule has 0 aliphatic carbocycles. The number of allylic oxidation sites excluding steroid dienone is 5. The first kappa shape index (κ1) is 13.4. The molecular weight excluding hydrogens is 213 g/mol. The van der Waals surface area contributed by atoms with Crippen molar-refractivity contribution in [2.45, 2.75) is 27.7 Å². The van der Waals surface area contributed by atoms with Crippen molar-refractivity contribution in [3.8, 4) is 0 Å². The lowest BCUT2D eigenvalue weighted by atomic mass is 10.1. The van der Waals surface area contributed by atoms with Gasteiger partial charge in [0.2, 0.25) is 0 Å². The van der Waals surface area contributed by atoms with E-state index in [9.17, 15) is 4.39 Å². The molecule has 0 amide bonds. The molecule has 0 aliphatic heterocycles. The van der Waals surface area contributed by atoms with Gasteiger partial charge in [-0.25, -0.2) is 4.39 Å². The standard InChI is InChI=1S/C15H18FN/c1-5-7-8-11(3)13-9-12(4)15(17-10-13)14(16)6-2/h5-10H,1-4H3/b7-5-,11-8+,14-6+. The third-order valence-corrected chi connectivity index (χ3v) is 2.55. The molecule has 0 atom stereocenters. The van der Waals surface area contributed by atoms with Crippen LogP contribution in [0.1, 0.15) is 37.6 Å². The highest BCUT2D eigenvalue weighted by Gasteiger charge is 2.06. The van der Waals surface area contributed by atoms with Crippen molar-refractivity contribution >= 4 is 11.4 Å². The topological polar surface area (TPSA) is 12.9 Å². The third kappa shape index (κ3) is 3.38. The maximum atomic E-state index is 13.4. The van der Waals surface area contributed by atoms with Crippen LogP contribution in [0, 0.1) is 6.92 Å². The van der Waals surface area contributed by atoms with E-state index in [1.807, 2.05) is 45.1 Å². The van der Waals surface area contributed by atoms with E-state index >= 15 is 0 Å². The Labute approximate surface area is 102 Å². The zero-order chi connectivity index (χ0) is 12.8. The largest absolute Gasteiger partial charge is 0.253 e. The zero-order valence-corrected chi connectivity index (χ0v) is 10.8. The third-order valence-electron chi connectivity index (χ3n) is 2.55. The smallest absolute Gasteiger partial charge is 0.144 e. The Morgan fingerprint density at radius 3 is 2.59 bits per heavy atom. The average Bonchev–Trinajstić information content (AvgIpc) is 2.34. The molecule has 1 rings (SSSR count). The van der Waals surface area contributed by atoms with E-state index < -0.39 is 0 Å². The molecule has 0 aromatic carbocycles. The molecule has 1 aromatic heterocycles. The van der Waals surface area contributed by atoms with Crippen molar-refractivity contribution in [2.75, 3.05) is 0 Å². The van der Waals surface area contributed by atoms with E-state index in [0.717, 1.165) is 16.7 Å². The highest BCUT2D eigenvalue weighted by Crippen LogP contribution is 2.21. The average molecular weight is 231 g/mol. The Morgan fingerprint density at radius 2 is 2.06 bits per heavy atom. The number of rotatable bonds is 3. The van der Waals surface area contributed by atoms with Gasteiger partial charge < -0.3 is 0 Å². The molecule has 1 heterocycles. The molecular formula is C15H18FN. The zero-order valence-electron chi connectivity index (χ0n) is 10.8. The molecule has 90 valence electrons. The Hall–Kier alpha value is -1.70. The van der Waals surface area contributed by atoms with Gasteiger partial charge in [0.05, 0.1) is 0 Å². The van der Waals surface area contributed by atoms with Gasteiger partial charge in [-0.1, -0.05) is 18.2 Å². The molecule has 0 fully saturated rings. The summed E-state index contributed by atoms with van der Waals surface area (Å²) in [6, 6.07) is 1.96. The Kier molecular flexibility index (Phi) is 4.83. The summed E-state index contributed by atoms with van der Waals surface area (Å²) in [5.41, 5.74) is 3.42. The summed E-state index contributed by atoms with van der Waals surface area (Å²) in [6.07, 6.45) is 9.10. The fourth-order valence-electron chi connectivity index (χ4n) is 1.51. The summed E-state index contributed by atoms with van der Waals surface area (Å²) in [7, 11) is 0. The van der Waals surface area contributed by atoms with Crippen molar-refractivity contribution in [2.24, 2.45) is 0 Å². The van der Waals surface area contributed by atoms with Crippen LogP contribution in [0.25, 0.3) is 11.4 Å². The van der Waals surface area contributed by atoms with Crippen LogP contribution in [0.15, 0.2) is 36.6 Å². The number of aryl methyl sites for hydroxylation is 1. The normalized spacial score (nSPS) is 13.5. The molecule has 17 heavy (non-hydrogen) atoms. The molecule has 0 saturated carbocycles. The lowest BCUT2D eigenvalue weighted by molar-refractivity contribution is 0.748. The molecule has 1 aromatic rings. The minimum Gasteiger partial charge on any atom is -0.253 e. The maximum absolute atomic E-state index is 13.4. The highest BCUT2D eigenvalue weighted by atomic mass is 19.1. The van der Waals surface area contributed by atoms with Gasteiger partial charge >= 0.3 is 0 Å². The minimum atomic E-state index is -0.274. The van der Waals surface area contributed by atoms with Gasteiger partial charge in [0, 0.05) is 6.20 Å². The lowest BCUT2D eigenvalue weighted by Gasteiger charge is -2.06. The van der Waals surface area contributed by atoms with Crippen LogP contribution in [0.2, 0.25) is 0 Å². The Morgan fingerprint density at radius 1 is 1.35 bits per heavy atom. The van der Waals surface area contributed by atoms with Gasteiger partial charge in [0.25, 0.3) is 0 Å². The second kappa shape index (κ2) is 6.14. The maximum Gasteiger partial charge on any atom is 0.144 e. The number of nitrogens with zero attached hydrogens (tertiary/aromatic N) is 1. The number of hydrogen-bond donors (Lipinski definition) is 0.